The summed E-state index contributed by atoms with van der Waals surface area (Å²) in [5.41, 5.74) is 0. The van der Waals surface area contributed by atoms with E-state index in [-0.39, 0.29) is 0 Å². The quantitative estimate of drug-likeness (QED) is 0.475. The highest BCUT2D eigenvalue weighted by molar-refractivity contribution is 8.76. The van der Waals surface area contributed by atoms with Gasteiger partial charge in [0.2, 0.25) is 0 Å². The molecule has 0 rings (SSSR count). The fourth-order valence-corrected chi connectivity index (χ4v) is 2.82. The van der Waals surface area contributed by atoms with Crippen LogP contribution in [0.2, 0.25) is 0 Å². The second-order valence-electron chi connectivity index (χ2n) is 1.79. The molecule has 0 aliphatic rings. The number of halogens is 1. The van der Waals surface area contributed by atoms with Gasteiger partial charge in [0.1, 0.15) is 0 Å². The van der Waals surface area contributed by atoms with Crippen molar-refractivity contribution in [1.82, 2.24) is 0 Å². The first-order valence-electron chi connectivity index (χ1n) is 3.15. The molecular formula is C6H13ClS2. The Bertz CT molecular complexity index is 59.0. The Morgan fingerprint density at radius 2 is 2.22 bits per heavy atom. The van der Waals surface area contributed by atoms with Gasteiger partial charge in [-0.1, -0.05) is 35.4 Å². The fraction of sp³-hybridized carbons (Fsp3) is 1.00. The van der Waals surface area contributed by atoms with Crippen LogP contribution in [0.15, 0.2) is 0 Å². The third kappa shape index (κ3) is 6.88. The van der Waals surface area contributed by atoms with E-state index in [4.69, 9.17) is 11.6 Å². The fourth-order valence-electron chi connectivity index (χ4n) is 0.386. The summed E-state index contributed by atoms with van der Waals surface area (Å²) in [5, 5.41) is 0.715. The highest BCUT2D eigenvalue weighted by Gasteiger charge is 1.99. The summed E-state index contributed by atoms with van der Waals surface area (Å²) in [5.74, 6) is 1.98. The highest BCUT2D eigenvalue weighted by atomic mass is 35.5. The van der Waals surface area contributed by atoms with Gasteiger partial charge in [0.25, 0.3) is 0 Å². The Morgan fingerprint density at radius 1 is 1.56 bits per heavy atom. The van der Waals surface area contributed by atoms with E-state index < -0.39 is 0 Å². The van der Waals surface area contributed by atoms with E-state index in [2.05, 4.69) is 13.8 Å². The number of hydrogen-bond acceptors (Lipinski definition) is 2. The van der Waals surface area contributed by atoms with E-state index in [0.29, 0.717) is 5.25 Å². The molecule has 0 N–H and O–H groups in total. The minimum Gasteiger partial charge on any atom is -0.127 e. The first-order chi connectivity index (χ1) is 4.31. The summed E-state index contributed by atoms with van der Waals surface area (Å²) < 4.78 is 0. The van der Waals surface area contributed by atoms with Gasteiger partial charge in [-0.3, -0.25) is 0 Å². The summed E-state index contributed by atoms with van der Waals surface area (Å²) in [4.78, 5) is 0. The molecule has 3 heteroatoms. The van der Waals surface area contributed by atoms with E-state index in [1.54, 1.807) is 0 Å². The van der Waals surface area contributed by atoms with Crippen LogP contribution in [0.3, 0.4) is 0 Å². The van der Waals surface area contributed by atoms with E-state index in [1.807, 2.05) is 21.6 Å². The molecule has 0 bridgehead atoms. The van der Waals surface area contributed by atoms with Gasteiger partial charge in [0.15, 0.2) is 0 Å². The zero-order chi connectivity index (χ0) is 7.11. The van der Waals surface area contributed by atoms with Crippen molar-refractivity contribution in [2.75, 3.05) is 11.6 Å². The molecule has 0 saturated carbocycles. The summed E-state index contributed by atoms with van der Waals surface area (Å²) in [6, 6.07) is 0. The van der Waals surface area contributed by atoms with Gasteiger partial charge in [-0.2, -0.15) is 0 Å². The topological polar surface area (TPSA) is 0 Å². The van der Waals surface area contributed by atoms with Crippen molar-refractivity contribution >= 4 is 33.2 Å². The van der Waals surface area contributed by atoms with Crippen LogP contribution in [0.1, 0.15) is 20.3 Å². The van der Waals surface area contributed by atoms with Crippen molar-refractivity contribution in [3.05, 3.63) is 0 Å². The van der Waals surface area contributed by atoms with Gasteiger partial charge in [-0.25, -0.2) is 0 Å². The van der Waals surface area contributed by atoms with Crippen LogP contribution in [-0.2, 0) is 0 Å². The standard InChI is InChI=1S/C6H13ClS2/c1-3-8-9-6(2)4-5-7/h6H,3-5H2,1-2H3/t6-/m0/s1. The van der Waals surface area contributed by atoms with Crippen molar-refractivity contribution in [2.45, 2.75) is 25.5 Å². The van der Waals surface area contributed by atoms with Crippen molar-refractivity contribution in [1.29, 1.82) is 0 Å². The van der Waals surface area contributed by atoms with Crippen molar-refractivity contribution in [2.24, 2.45) is 0 Å². The summed E-state index contributed by atoms with van der Waals surface area (Å²) in [6.07, 6.45) is 1.12. The van der Waals surface area contributed by atoms with E-state index in [9.17, 15) is 0 Å². The Balaban J connectivity index is 2.95. The zero-order valence-electron chi connectivity index (χ0n) is 5.89. The van der Waals surface area contributed by atoms with Gasteiger partial charge >= 0.3 is 0 Å². The molecule has 0 radical (unpaired) electrons. The van der Waals surface area contributed by atoms with Crippen LogP contribution >= 0.6 is 33.2 Å². The Labute approximate surface area is 70.5 Å². The van der Waals surface area contributed by atoms with Gasteiger partial charge in [0, 0.05) is 16.9 Å². The molecule has 0 spiro atoms. The molecule has 0 unspecified atom stereocenters. The lowest BCUT2D eigenvalue weighted by atomic mass is 10.4. The summed E-state index contributed by atoms with van der Waals surface area (Å²) in [6.45, 7) is 4.39. The molecule has 0 fully saturated rings. The van der Waals surface area contributed by atoms with Crippen molar-refractivity contribution < 1.29 is 0 Å². The predicted molar refractivity (Wildman–Crippen MR) is 50.5 cm³/mol. The first-order valence-corrected chi connectivity index (χ1v) is 6.07. The second kappa shape index (κ2) is 7.10. The summed E-state index contributed by atoms with van der Waals surface area (Å²) in [7, 11) is 3.85. The molecule has 0 nitrogen and oxygen atoms in total. The lowest BCUT2D eigenvalue weighted by molar-refractivity contribution is 0.919. The van der Waals surface area contributed by atoms with E-state index in [1.165, 1.54) is 5.75 Å². The number of rotatable bonds is 5. The Kier molecular flexibility index (Phi) is 7.88. The molecule has 0 aromatic carbocycles. The SMILES string of the molecule is CCSS[C@@H](C)CCCl. The number of hydrogen-bond donors (Lipinski definition) is 0. The third-order valence-electron chi connectivity index (χ3n) is 0.866. The molecule has 0 heterocycles. The maximum atomic E-state index is 5.55. The lowest BCUT2D eigenvalue weighted by Crippen LogP contribution is -1.93. The third-order valence-corrected chi connectivity index (χ3v) is 4.12. The largest absolute Gasteiger partial charge is 0.127 e. The smallest absolute Gasteiger partial charge is 0.0234 e. The molecule has 0 aromatic heterocycles. The normalized spacial score (nSPS) is 13.7. The van der Waals surface area contributed by atoms with Crippen LogP contribution in [-0.4, -0.2) is 16.9 Å². The molecule has 0 amide bonds. The highest BCUT2D eigenvalue weighted by Crippen LogP contribution is 2.27. The Morgan fingerprint density at radius 3 is 2.67 bits per heavy atom. The van der Waals surface area contributed by atoms with Crippen molar-refractivity contribution in [3.8, 4) is 0 Å². The van der Waals surface area contributed by atoms with Crippen LogP contribution < -0.4 is 0 Å². The van der Waals surface area contributed by atoms with Gasteiger partial charge in [-0.15, -0.1) is 11.6 Å². The summed E-state index contributed by atoms with van der Waals surface area (Å²) >= 11 is 5.55. The van der Waals surface area contributed by atoms with E-state index >= 15 is 0 Å². The predicted octanol–water partition coefficient (Wildman–Crippen LogP) is 3.41. The van der Waals surface area contributed by atoms with Crippen LogP contribution in [0.25, 0.3) is 0 Å². The molecule has 0 aliphatic heterocycles. The van der Waals surface area contributed by atoms with Crippen LogP contribution in [0, 0.1) is 0 Å². The minimum atomic E-state index is 0.715. The molecule has 0 aliphatic carbocycles. The molecule has 0 saturated heterocycles. The lowest BCUT2D eigenvalue weighted by Gasteiger charge is -2.05. The van der Waals surface area contributed by atoms with Crippen molar-refractivity contribution in [3.63, 3.8) is 0 Å². The maximum absolute atomic E-state index is 5.55. The van der Waals surface area contributed by atoms with Gasteiger partial charge in [0.05, 0.1) is 0 Å². The minimum absolute atomic E-state index is 0.715. The number of alkyl halides is 1. The van der Waals surface area contributed by atoms with Crippen LogP contribution in [0.5, 0.6) is 0 Å². The van der Waals surface area contributed by atoms with E-state index in [0.717, 1.165) is 12.3 Å². The molecular weight excluding hydrogens is 172 g/mol. The maximum Gasteiger partial charge on any atom is 0.0234 e. The molecule has 56 valence electrons. The first kappa shape index (κ1) is 9.99. The average molecular weight is 185 g/mol. The Hall–Kier alpha value is 0.990. The zero-order valence-corrected chi connectivity index (χ0v) is 8.28. The molecule has 1 atom stereocenters. The second-order valence-corrected chi connectivity index (χ2v) is 5.26. The monoisotopic (exact) mass is 184 g/mol. The van der Waals surface area contributed by atoms with Crippen LogP contribution in [0.4, 0.5) is 0 Å². The molecule has 0 aromatic rings. The van der Waals surface area contributed by atoms with Gasteiger partial charge in [-0.05, 0) is 6.42 Å². The van der Waals surface area contributed by atoms with Gasteiger partial charge < -0.3 is 0 Å². The average Bonchev–Trinajstić information content (AvgIpc) is 1.85. The molecule has 9 heavy (non-hydrogen) atoms.